The summed E-state index contributed by atoms with van der Waals surface area (Å²) in [6.45, 7) is 6.73. The number of rotatable bonds is 5. The zero-order chi connectivity index (χ0) is 13.5. The summed E-state index contributed by atoms with van der Waals surface area (Å²) in [7, 11) is 2.00. The molecule has 1 aromatic rings. The lowest BCUT2D eigenvalue weighted by molar-refractivity contribution is 0.401. The number of hydrogen-bond donors (Lipinski definition) is 2. The van der Waals surface area contributed by atoms with Gasteiger partial charge in [-0.15, -0.1) is 0 Å². The van der Waals surface area contributed by atoms with Gasteiger partial charge in [0.05, 0.1) is 15.9 Å². The van der Waals surface area contributed by atoms with E-state index in [0.29, 0.717) is 17.4 Å². The standard InChI is InChI=1S/C13H23BrN4/c1-5-9-12(14)11(18(4)17-9)6-10(16-15)8-7-13(8,2)3/h8,10,16H,5-7,15H2,1-4H3. The Bertz CT molecular complexity index is 438. The van der Waals surface area contributed by atoms with Gasteiger partial charge in [-0.1, -0.05) is 20.8 Å². The second-order valence-corrected chi connectivity index (χ2v) is 6.75. The van der Waals surface area contributed by atoms with Crippen molar-refractivity contribution < 1.29 is 0 Å². The topological polar surface area (TPSA) is 55.9 Å². The monoisotopic (exact) mass is 314 g/mol. The van der Waals surface area contributed by atoms with Crippen LogP contribution in [0.15, 0.2) is 4.47 Å². The largest absolute Gasteiger partial charge is 0.271 e. The van der Waals surface area contributed by atoms with E-state index in [2.05, 4.69) is 47.2 Å². The van der Waals surface area contributed by atoms with Crippen LogP contribution >= 0.6 is 15.9 Å². The second kappa shape index (κ2) is 4.94. The van der Waals surface area contributed by atoms with Gasteiger partial charge in [-0.3, -0.25) is 16.0 Å². The smallest absolute Gasteiger partial charge is 0.0766 e. The van der Waals surface area contributed by atoms with Crippen molar-refractivity contribution in [2.75, 3.05) is 0 Å². The number of nitrogens with two attached hydrogens (primary N) is 1. The molecule has 2 rings (SSSR count). The van der Waals surface area contributed by atoms with Gasteiger partial charge in [0, 0.05) is 19.5 Å². The fourth-order valence-corrected chi connectivity index (χ4v) is 3.54. The van der Waals surface area contributed by atoms with Gasteiger partial charge in [0.1, 0.15) is 0 Å². The molecule has 5 heteroatoms. The van der Waals surface area contributed by atoms with Crippen LogP contribution in [-0.2, 0) is 19.9 Å². The third kappa shape index (κ3) is 2.49. The predicted molar refractivity (Wildman–Crippen MR) is 77.0 cm³/mol. The Morgan fingerprint density at radius 3 is 2.61 bits per heavy atom. The van der Waals surface area contributed by atoms with Gasteiger partial charge in [-0.25, -0.2) is 0 Å². The summed E-state index contributed by atoms with van der Waals surface area (Å²) in [5.41, 5.74) is 5.77. The molecule has 0 amide bonds. The Balaban J connectivity index is 2.15. The fraction of sp³-hybridized carbons (Fsp3) is 0.769. The lowest BCUT2D eigenvalue weighted by Gasteiger charge is -2.18. The van der Waals surface area contributed by atoms with Crippen LogP contribution in [0.1, 0.15) is 38.6 Å². The molecule has 0 aromatic carbocycles. The lowest BCUT2D eigenvalue weighted by atomic mass is 10.00. The van der Waals surface area contributed by atoms with Crippen LogP contribution in [0.2, 0.25) is 0 Å². The molecule has 1 aliphatic carbocycles. The number of aryl methyl sites for hydroxylation is 2. The third-order valence-electron chi connectivity index (χ3n) is 4.21. The summed E-state index contributed by atoms with van der Waals surface area (Å²) in [5.74, 6) is 6.39. The number of hydrogen-bond acceptors (Lipinski definition) is 3. The van der Waals surface area contributed by atoms with E-state index in [1.165, 1.54) is 12.1 Å². The Kier molecular flexibility index (Phi) is 3.85. The maximum absolute atomic E-state index is 5.73. The highest BCUT2D eigenvalue weighted by Crippen LogP contribution is 2.54. The summed E-state index contributed by atoms with van der Waals surface area (Å²) in [5, 5.41) is 4.53. The molecular weight excluding hydrogens is 292 g/mol. The summed E-state index contributed by atoms with van der Waals surface area (Å²) >= 11 is 3.67. The van der Waals surface area contributed by atoms with Crippen molar-refractivity contribution in [1.82, 2.24) is 15.2 Å². The number of halogens is 1. The van der Waals surface area contributed by atoms with E-state index < -0.39 is 0 Å². The molecule has 0 aliphatic heterocycles. The Morgan fingerprint density at radius 1 is 1.61 bits per heavy atom. The van der Waals surface area contributed by atoms with E-state index in [1.54, 1.807) is 0 Å². The zero-order valence-corrected chi connectivity index (χ0v) is 13.2. The molecule has 1 saturated carbocycles. The highest BCUT2D eigenvalue weighted by molar-refractivity contribution is 9.10. The number of hydrazine groups is 1. The van der Waals surface area contributed by atoms with Gasteiger partial charge in [0.25, 0.3) is 0 Å². The van der Waals surface area contributed by atoms with Crippen LogP contribution in [-0.4, -0.2) is 15.8 Å². The minimum Gasteiger partial charge on any atom is -0.271 e. The van der Waals surface area contributed by atoms with Gasteiger partial charge in [0.2, 0.25) is 0 Å². The average molecular weight is 315 g/mol. The second-order valence-electron chi connectivity index (χ2n) is 5.96. The minimum absolute atomic E-state index is 0.330. The molecule has 18 heavy (non-hydrogen) atoms. The molecule has 1 heterocycles. The van der Waals surface area contributed by atoms with Crippen molar-refractivity contribution in [3.05, 3.63) is 15.9 Å². The summed E-state index contributed by atoms with van der Waals surface area (Å²) < 4.78 is 3.12. The Morgan fingerprint density at radius 2 is 2.22 bits per heavy atom. The first-order valence-electron chi connectivity index (χ1n) is 6.57. The van der Waals surface area contributed by atoms with Crippen molar-refractivity contribution in [3.63, 3.8) is 0 Å². The molecule has 0 spiro atoms. The van der Waals surface area contributed by atoms with Crippen LogP contribution in [0.3, 0.4) is 0 Å². The van der Waals surface area contributed by atoms with E-state index in [4.69, 9.17) is 5.84 Å². The molecular formula is C13H23BrN4. The maximum atomic E-state index is 5.73. The van der Waals surface area contributed by atoms with Crippen molar-refractivity contribution >= 4 is 15.9 Å². The molecule has 0 bridgehead atoms. The fourth-order valence-electron chi connectivity index (χ4n) is 2.76. The van der Waals surface area contributed by atoms with Crippen LogP contribution in [0, 0.1) is 11.3 Å². The minimum atomic E-state index is 0.330. The van der Waals surface area contributed by atoms with Gasteiger partial charge in [0.15, 0.2) is 0 Å². The molecule has 4 nitrogen and oxygen atoms in total. The van der Waals surface area contributed by atoms with Crippen molar-refractivity contribution in [2.45, 2.75) is 46.1 Å². The highest BCUT2D eigenvalue weighted by Gasteiger charge is 2.50. The molecule has 1 aliphatic rings. The van der Waals surface area contributed by atoms with E-state index in [1.807, 2.05) is 11.7 Å². The molecule has 1 aromatic heterocycles. The number of nitrogens with zero attached hydrogens (tertiary/aromatic N) is 2. The van der Waals surface area contributed by atoms with Crippen LogP contribution < -0.4 is 11.3 Å². The zero-order valence-electron chi connectivity index (χ0n) is 11.6. The molecule has 0 saturated heterocycles. The van der Waals surface area contributed by atoms with Crippen LogP contribution in [0.25, 0.3) is 0 Å². The molecule has 0 radical (unpaired) electrons. The van der Waals surface area contributed by atoms with Crippen molar-refractivity contribution in [1.29, 1.82) is 0 Å². The quantitative estimate of drug-likeness (QED) is 0.647. The van der Waals surface area contributed by atoms with Crippen molar-refractivity contribution in [3.8, 4) is 0 Å². The van der Waals surface area contributed by atoms with E-state index in [9.17, 15) is 0 Å². The normalized spacial score (nSPS) is 23.1. The van der Waals surface area contributed by atoms with E-state index in [-0.39, 0.29) is 0 Å². The van der Waals surface area contributed by atoms with Gasteiger partial charge < -0.3 is 0 Å². The van der Waals surface area contributed by atoms with Crippen LogP contribution in [0.4, 0.5) is 0 Å². The molecule has 3 N–H and O–H groups in total. The van der Waals surface area contributed by atoms with E-state index in [0.717, 1.165) is 23.0 Å². The molecule has 1 fully saturated rings. The number of aromatic nitrogens is 2. The van der Waals surface area contributed by atoms with Gasteiger partial charge >= 0.3 is 0 Å². The summed E-state index contributed by atoms with van der Waals surface area (Å²) in [6, 6.07) is 0.330. The summed E-state index contributed by atoms with van der Waals surface area (Å²) in [6.07, 6.45) is 3.12. The summed E-state index contributed by atoms with van der Waals surface area (Å²) in [4.78, 5) is 0. The SMILES string of the molecule is CCc1nn(C)c(CC(NN)C2CC2(C)C)c1Br. The number of nitrogens with one attached hydrogen (secondary N) is 1. The lowest BCUT2D eigenvalue weighted by Crippen LogP contribution is -2.40. The van der Waals surface area contributed by atoms with E-state index >= 15 is 0 Å². The highest BCUT2D eigenvalue weighted by atomic mass is 79.9. The average Bonchev–Trinajstić information content (AvgIpc) is 2.86. The first-order valence-corrected chi connectivity index (χ1v) is 7.36. The molecule has 2 unspecified atom stereocenters. The van der Waals surface area contributed by atoms with Gasteiger partial charge in [-0.05, 0) is 40.1 Å². The Hall–Kier alpha value is -0.390. The predicted octanol–water partition coefficient (Wildman–Crippen LogP) is 2.17. The van der Waals surface area contributed by atoms with Gasteiger partial charge in [-0.2, -0.15) is 5.10 Å². The van der Waals surface area contributed by atoms with Crippen molar-refractivity contribution in [2.24, 2.45) is 24.2 Å². The molecule has 2 atom stereocenters. The Labute approximate surface area is 117 Å². The first-order chi connectivity index (χ1) is 8.40. The molecule has 102 valence electrons. The maximum Gasteiger partial charge on any atom is 0.0766 e. The first kappa shape index (κ1) is 14.0. The van der Waals surface area contributed by atoms with Crippen LogP contribution in [0.5, 0.6) is 0 Å². The third-order valence-corrected chi connectivity index (χ3v) is 5.12.